The molecule has 0 heterocycles. The molecule has 0 aliphatic rings. The third-order valence-electron chi connectivity index (χ3n) is 5.91. The zero-order valence-corrected chi connectivity index (χ0v) is 23.1. The molecule has 0 N–H and O–H groups in total. The minimum atomic E-state index is -0.642. The fraction of sp³-hybridized carbons (Fsp3) is 0.176. The van der Waals surface area contributed by atoms with Gasteiger partial charge in [-0.25, -0.2) is 9.59 Å². The van der Waals surface area contributed by atoms with Crippen LogP contribution in [0.25, 0.3) is 10.8 Å². The first-order valence-corrected chi connectivity index (χ1v) is 13.3. The SMILES string of the molecule is C=CC(=O)OC(COc1ccccc1)COc1ccc2cc(OCC(COc3ccccc3)OC(=O)C=C)ccc2c1. The number of esters is 2. The number of benzene rings is 4. The maximum Gasteiger partial charge on any atom is 0.330 e. The molecule has 42 heavy (non-hydrogen) atoms. The van der Waals surface area contributed by atoms with Gasteiger partial charge >= 0.3 is 11.9 Å². The predicted molar refractivity (Wildman–Crippen MR) is 159 cm³/mol. The van der Waals surface area contributed by atoms with Gasteiger partial charge in [0.05, 0.1) is 0 Å². The Morgan fingerprint density at radius 3 is 1.24 bits per heavy atom. The summed E-state index contributed by atoms with van der Waals surface area (Å²) in [7, 11) is 0. The van der Waals surface area contributed by atoms with E-state index in [0.29, 0.717) is 23.0 Å². The molecule has 0 bridgehead atoms. The average molecular weight is 569 g/mol. The Labute approximate surface area is 244 Å². The number of ether oxygens (including phenoxy) is 6. The van der Waals surface area contributed by atoms with E-state index in [4.69, 9.17) is 28.4 Å². The van der Waals surface area contributed by atoms with E-state index in [0.717, 1.165) is 22.9 Å². The van der Waals surface area contributed by atoms with Crippen LogP contribution in [0.2, 0.25) is 0 Å². The summed E-state index contributed by atoms with van der Waals surface area (Å²) in [5, 5.41) is 1.84. The molecule has 4 rings (SSSR count). The number of carbonyl (C=O) groups is 2. The molecule has 0 saturated carbocycles. The Bertz CT molecular complexity index is 1360. The Morgan fingerprint density at radius 2 is 0.881 bits per heavy atom. The second-order valence-corrected chi connectivity index (χ2v) is 9.07. The summed E-state index contributed by atoms with van der Waals surface area (Å²) in [5.41, 5.74) is 0. The summed E-state index contributed by atoms with van der Waals surface area (Å²) in [6, 6.07) is 29.7. The van der Waals surface area contributed by atoms with Crippen LogP contribution in [0.3, 0.4) is 0 Å². The van der Waals surface area contributed by atoms with E-state index in [9.17, 15) is 9.59 Å². The van der Waals surface area contributed by atoms with Crippen molar-refractivity contribution in [3.63, 3.8) is 0 Å². The maximum absolute atomic E-state index is 11.8. The summed E-state index contributed by atoms with van der Waals surface area (Å²) in [6.45, 7) is 7.34. The van der Waals surface area contributed by atoms with E-state index in [1.807, 2.05) is 97.1 Å². The normalized spacial score (nSPS) is 11.9. The molecular weight excluding hydrogens is 536 g/mol. The highest BCUT2D eigenvalue weighted by molar-refractivity contribution is 5.85. The molecule has 2 unspecified atom stereocenters. The molecule has 2 atom stereocenters. The predicted octanol–water partition coefficient (Wildman–Crippen LogP) is 5.95. The van der Waals surface area contributed by atoms with Crippen LogP contribution >= 0.6 is 0 Å². The van der Waals surface area contributed by atoms with Crippen molar-refractivity contribution < 1.29 is 38.0 Å². The van der Waals surface area contributed by atoms with Gasteiger partial charge < -0.3 is 28.4 Å². The van der Waals surface area contributed by atoms with Gasteiger partial charge in [0.2, 0.25) is 0 Å². The van der Waals surface area contributed by atoms with Crippen molar-refractivity contribution in [3.05, 3.63) is 122 Å². The van der Waals surface area contributed by atoms with Crippen molar-refractivity contribution in [2.45, 2.75) is 12.2 Å². The maximum atomic E-state index is 11.8. The van der Waals surface area contributed by atoms with Gasteiger partial charge in [-0.3, -0.25) is 0 Å². The topological polar surface area (TPSA) is 89.5 Å². The summed E-state index contributed by atoms with van der Waals surface area (Å²) < 4.78 is 34.2. The van der Waals surface area contributed by atoms with Crippen LogP contribution in [0.15, 0.2) is 122 Å². The molecule has 0 amide bonds. The first-order chi connectivity index (χ1) is 20.5. The lowest BCUT2D eigenvalue weighted by atomic mass is 10.1. The monoisotopic (exact) mass is 568 g/mol. The first kappa shape index (κ1) is 29.7. The van der Waals surface area contributed by atoms with Crippen LogP contribution in [0, 0.1) is 0 Å². The standard InChI is InChI=1S/C34H32O8/c1-3-33(35)41-31(21-37-27-11-7-5-8-12-27)23-39-29-17-15-26-20-30(18-16-25(26)19-29)40-24-32(42-34(36)4-2)22-38-28-13-9-6-10-14-28/h3-20,31-32H,1-2,21-24H2. The van der Waals surface area contributed by atoms with Crippen LogP contribution in [0.4, 0.5) is 0 Å². The molecule has 0 spiro atoms. The fourth-order valence-electron chi connectivity index (χ4n) is 3.83. The Kier molecular flexibility index (Phi) is 11.0. The molecule has 0 saturated heterocycles. The number of fused-ring (bicyclic) bond motifs is 1. The number of para-hydroxylation sites is 2. The summed E-state index contributed by atoms with van der Waals surface area (Å²) in [4.78, 5) is 23.6. The lowest BCUT2D eigenvalue weighted by molar-refractivity contribution is -0.147. The quantitative estimate of drug-likeness (QED) is 0.121. The van der Waals surface area contributed by atoms with Gasteiger partial charge in [0.1, 0.15) is 49.4 Å². The lowest BCUT2D eigenvalue weighted by Gasteiger charge is -2.19. The second-order valence-electron chi connectivity index (χ2n) is 9.07. The van der Waals surface area contributed by atoms with Crippen LogP contribution < -0.4 is 18.9 Å². The summed E-state index contributed by atoms with van der Waals surface area (Å²) >= 11 is 0. The smallest absolute Gasteiger partial charge is 0.330 e. The number of hydrogen-bond donors (Lipinski definition) is 0. The summed E-state index contributed by atoms with van der Waals surface area (Å²) in [6.07, 6.45) is 0.924. The average Bonchev–Trinajstić information content (AvgIpc) is 3.04. The van der Waals surface area contributed by atoms with Crippen molar-refractivity contribution >= 4 is 22.7 Å². The Balaban J connectivity index is 1.35. The van der Waals surface area contributed by atoms with Gasteiger partial charge in [-0.05, 0) is 59.3 Å². The van der Waals surface area contributed by atoms with E-state index in [1.54, 1.807) is 0 Å². The van der Waals surface area contributed by atoms with E-state index >= 15 is 0 Å². The van der Waals surface area contributed by atoms with Gasteiger partial charge in [0.15, 0.2) is 12.2 Å². The highest BCUT2D eigenvalue weighted by Crippen LogP contribution is 2.26. The zero-order chi connectivity index (χ0) is 29.6. The molecular formula is C34H32O8. The highest BCUT2D eigenvalue weighted by atomic mass is 16.6. The van der Waals surface area contributed by atoms with Gasteiger partial charge in [0, 0.05) is 12.2 Å². The first-order valence-electron chi connectivity index (χ1n) is 13.3. The largest absolute Gasteiger partial charge is 0.490 e. The third kappa shape index (κ3) is 9.45. The number of rotatable bonds is 16. The molecule has 216 valence electrons. The van der Waals surface area contributed by atoms with Crippen molar-refractivity contribution in [1.29, 1.82) is 0 Å². The van der Waals surface area contributed by atoms with Gasteiger partial charge in [0.25, 0.3) is 0 Å². The van der Waals surface area contributed by atoms with Crippen LogP contribution in [-0.2, 0) is 19.1 Å². The molecule has 8 nitrogen and oxygen atoms in total. The van der Waals surface area contributed by atoms with E-state index in [1.165, 1.54) is 0 Å². The number of hydrogen-bond acceptors (Lipinski definition) is 8. The second kappa shape index (κ2) is 15.5. The fourth-order valence-corrected chi connectivity index (χ4v) is 3.83. The van der Waals surface area contributed by atoms with Crippen LogP contribution in [-0.4, -0.2) is 50.6 Å². The van der Waals surface area contributed by atoms with E-state index < -0.39 is 24.1 Å². The summed E-state index contributed by atoms with van der Waals surface area (Å²) in [5.74, 6) is 1.42. The van der Waals surface area contributed by atoms with Crippen LogP contribution in [0.1, 0.15) is 0 Å². The van der Waals surface area contributed by atoms with Crippen molar-refractivity contribution in [2.24, 2.45) is 0 Å². The highest BCUT2D eigenvalue weighted by Gasteiger charge is 2.17. The van der Waals surface area contributed by atoms with E-state index in [-0.39, 0.29) is 26.4 Å². The van der Waals surface area contributed by atoms with Crippen molar-refractivity contribution in [3.8, 4) is 23.0 Å². The van der Waals surface area contributed by atoms with Gasteiger partial charge in [-0.2, -0.15) is 0 Å². The minimum Gasteiger partial charge on any atom is -0.490 e. The molecule has 8 heteroatoms. The molecule has 0 fully saturated rings. The van der Waals surface area contributed by atoms with Gasteiger partial charge in [-0.15, -0.1) is 0 Å². The Morgan fingerprint density at radius 1 is 0.524 bits per heavy atom. The molecule has 0 aromatic heterocycles. The van der Waals surface area contributed by atoms with Crippen molar-refractivity contribution in [2.75, 3.05) is 26.4 Å². The molecule has 0 aliphatic heterocycles. The molecule has 0 aliphatic carbocycles. The van der Waals surface area contributed by atoms with E-state index in [2.05, 4.69) is 13.2 Å². The van der Waals surface area contributed by atoms with Gasteiger partial charge in [-0.1, -0.05) is 61.7 Å². The molecule has 4 aromatic rings. The van der Waals surface area contributed by atoms with Crippen molar-refractivity contribution in [1.82, 2.24) is 0 Å². The Hall–Kier alpha value is -5.24. The number of carbonyl (C=O) groups excluding carboxylic acids is 2. The minimum absolute atomic E-state index is 0.0922. The third-order valence-corrected chi connectivity index (χ3v) is 5.91. The molecule has 4 aromatic carbocycles. The molecule has 0 radical (unpaired) electrons. The zero-order valence-electron chi connectivity index (χ0n) is 23.1. The van der Waals surface area contributed by atoms with Crippen LogP contribution in [0.5, 0.6) is 23.0 Å². The lowest BCUT2D eigenvalue weighted by Crippen LogP contribution is -2.30.